The highest BCUT2D eigenvalue weighted by Crippen LogP contribution is 2.24. The van der Waals surface area contributed by atoms with Crippen molar-refractivity contribution in [2.75, 3.05) is 7.11 Å². The van der Waals surface area contributed by atoms with E-state index in [4.69, 9.17) is 4.74 Å². The highest BCUT2D eigenvalue weighted by atomic mass is 16.5. The Labute approximate surface area is 103 Å². The van der Waals surface area contributed by atoms with E-state index in [0.717, 1.165) is 22.4 Å². The average molecular weight is 235 g/mol. The fourth-order valence-electron chi connectivity index (χ4n) is 1.90. The molecule has 0 heterocycles. The van der Waals surface area contributed by atoms with E-state index in [2.05, 4.69) is 11.4 Å². The van der Waals surface area contributed by atoms with Gasteiger partial charge in [0, 0.05) is 11.6 Å². The third kappa shape index (κ3) is 3.77. The Morgan fingerprint density at radius 1 is 1.35 bits per heavy atom. The number of methoxy groups -OCH3 is 1. The number of carbonyl (C=O) groups excluding carboxylic acids is 1. The zero-order valence-electron chi connectivity index (χ0n) is 11.3. The summed E-state index contributed by atoms with van der Waals surface area (Å²) >= 11 is 0. The maximum atomic E-state index is 11.8. The van der Waals surface area contributed by atoms with Crippen molar-refractivity contribution >= 4 is 5.91 Å². The molecule has 0 radical (unpaired) electrons. The number of ether oxygens (including phenoxy) is 1. The summed E-state index contributed by atoms with van der Waals surface area (Å²) < 4.78 is 5.33. The average Bonchev–Trinajstić information content (AvgIpc) is 2.20. The summed E-state index contributed by atoms with van der Waals surface area (Å²) in [5, 5.41) is 2.89. The molecule has 94 valence electrons. The zero-order chi connectivity index (χ0) is 13.0. The second-order valence-corrected chi connectivity index (χ2v) is 4.66. The maximum absolute atomic E-state index is 11.8. The van der Waals surface area contributed by atoms with Gasteiger partial charge < -0.3 is 10.1 Å². The fraction of sp³-hybridized carbons (Fsp3) is 0.500. The van der Waals surface area contributed by atoms with Gasteiger partial charge in [-0.3, -0.25) is 4.79 Å². The predicted octanol–water partition coefficient (Wildman–Crippen LogP) is 2.38. The van der Waals surface area contributed by atoms with E-state index in [1.54, 1.807) is 7.11 Å². The van der Waals surface area contributed by atoms with Gasteiger partial charge in [-0.25, -0.2) is 0 Å². The monoisotopic (exact) mass is 235 g/mol. The van der Waals surface area contributed by atoms with Crippen LogP contribution in [0.1, 0.15) is 30.5 Å². The molecule has 1 amide bonds. The van der Waals surface area contributed by atoms with Crippen LogP contribution in [-0.2, 0) is 11.2 Å². The molecule has 0 spiro atoms. The van der Waals surface area contributed by atoms with Gasteiger partial charge in [0.1, 0.15) is 5.75 Å². The van der Waals surface area contributed by atoms with Gasteiger partial charge in [0.15, 0.2) is 0 Å². The molecule has 3 nitrogen and oxygen atoms in total. The van der Waals surface area contributed by atoms with Gasteiger partial charge >= 0.3 is 0 Å². The van der Waals surface area contributed by atoms with Crippen LogP contribution in [0.15, 0.2) is 12.1 Å². The van der Waals surface area contributed by atoms with Crippen LogP contribution >= 0.6 is 0 Å². The number of amides is 1. The lowest BCUT2D eigenvalue weighted by Crippen LogP contribution is -2.31. The molecule has 0 bridgehead atoms. The molecule has 0 unspecified atom stereocenters. The van der Waals surface area contributed by atoms with E-state index in [1.807, 2.05) is 33.8 Å². The lowest BCUT2D eigenvalue weighted by atomic mass is 10.0. The Balaban J connectivity index is 2.93. The largest absolute Gasteiger partial charge is 0.496 e. The van der Waals surface area contributed by atoms with E-state index < -0.39 is 0 Å². The quantitative estimate of drug-likeness (QED) is 0.870. The minimum absolute atomic E-state index is 0.0326. The van der Waals surface area contributed by atoms with Crippen molar-refractivity contribution in [3.8, 4) is 5.75 Å². The molecule has 0 atom stereocenters. The molecule has 0 aromatic heterocycles. The minimum atomic E-state index is 0.0326. The van der Waals surface area contributed by atoms with Crippen molar-refractivity contribution in [3.05, 3.63) is 28.8 Å². The Bertz CT molecular complexity index is 411. The summed E-state index contributed by atoms with van der Waals surface area (Å²) in [4.78, 5) is 11.8. The summed E-state index contributed by atoms with van der Waals surface area (Å²) in [6, 6.07) is 4.20. The van der Waals surface area contributed by atoms with Crippen LogP contribution in [0.4, 0.5) is 0 Å². The van der Waals surface area contributed by atoms with Crippen LogP contribution in [0.3, 0.4) is 0 Å². The molecule has 0 saturated heterocycles. The fourth-order valence-corrected chi connectivity index (χ4v) is 1.90. The molecule has 3 heteroatoms. The third-order valence-corrected chi connectivity index (χ3v) is 2.58. The number of nitrogens with one attached hydrogen (secondary N) is 1. The summed E-state index contributed by atoms with van der Waals surface area (Å²) in [7, 11) is 1.64. The van der Waals surface area contributed by atoms with Crippen LogP contribution < -0.4 is 10.1 Å². The van der Waals surface area contributed by atoms with E-state index in [0.29, 0.717) is 6.42 Å². The van der Waals surface area contributed by atoms with Gasteiger partial charge in [-0.1, -0.05) is 6.07 Å². The number of benzene rings is 1. The number of rotatable bonds is 4. The second-order valence-electron chi connectivity index (χ2n) is 4.66. The van der Waals surface area contributed by atoms with Gasteiger partial charge in [-0.15, -0.1) is 0 Å². The number of aryl methyl sites for hydroxylation is 2. The molecular weight excluding hydrogens is 214 g/mol. The first kappa shape index (κ1) is 13.6. The van der Waals surface area contributed by atoms with Gasteiger partial charge in [0.2, 0.25) is 5.91 Å². The minimum Gasteiger partial charge on any atom is -0.496 e. The molecule has 0 fully saturated rings. The Hall–Kier alpha value is -1.51. The number of hydrogen-bond donors (Lipinski definition) is 1. The molecule has 0 aliphatic heterocycles. The first-order valence-corrected chi connectivity index (χ1v) is 5.87. The standard InChI is InChI=1S/C14H21NO2/c1-9(2)15-14(16)8-12-11(4)6-10(3)7-13(12)17-5/h6-7,9H,8H2,1-5H3,(H,15,16). The van der Waals surface area contributed by atoms with E-state index in [-0.39, 0.29) is 11.9 Å². The van der Waals surface area contributed by atoms with Crippen molar-refractivity contribution in [2.45, 2.75) is 40.2 Å². The summed E-state index contributed by atoms with van der Waals surface area (Å²) in [6.07, 6.45) is 0.369. The van der Waals surface area contributed by atoms with Crippen LogP contribution in [-0.4, -0.2) is 19.1 Å². The van der Waals surface area contributed by atoms with Crippen molar-refractivity contribution in [2.24, 2.45) is 0 Å². The van der Waals surface area contributed by atoms with Gasteiger partial charge in [0.05, 0.1) is 13.5 Å². The van der Waals surface area contributed by atoms with E-state index in [9.17, 15) is 4.79 Å². The Morgan fingerprint density at radius 2 is 2.00 bits per heavy atom. The summed E-state index contributed by atoms with van der Waals surface area (Å²) in [6.45, 7) is 7.94. The van der Waals surface area contributed by atoms with Crippen LogP contribution in [0.2, 0.25) is 0 Å². The molecule has 0 aliphatic carbocycles. The highest BCUT2D eigenvalue weighted by molar-refractivity contribution is 5.80. The summed E-state index contributed by atoms with van der Waals surface area (Å²) in [5.41, 5.74) is 3.21. The number of carbonyl (C=O) groups is 1. The van der Waals surface area contributed by atoms with Gasteiger partial charge in [-0.05, 0) is 44.9 Å². The molecule has 0 aliphatic rings. The van der Waals surface area contributed by atoms with Crippen molar-refractivity contribution in [3.63, 3.8) is 0 Å². The second kappa shape index (κ2) is 5.71. The van der Waals surface area contributed by atoms with E-state index in [1.165, 1.54) is 0 Å². The smallest absolute Gasteiger partial charge is 0.224 e. The van der Waals surface area contributed by atoms with E-state index >= 15 is 0 Å². The Morgan fingerprint density at radius 3 is 2.53 bits per heavy atom. The maximum Gasteiger partial charge on any atom is 0.224 e. The first-order valence-electron chi connectivity index (χ1n) is 5.87. The van der Waals surface area contributed by atoms with Gasteiger partial charge in [0.25, 0.3) is 0 Å². The van der Waals surface area contributed by atoms with Crippen LogP contribution in [0.25, 0.3) is 0 Å². The van der Waals surface area contributed by atoms with Crippen molar-refractivity contribution < 1.29 is 9.53 Å². The zero-order valence-corrected chi connectivity index (χ0v) is 11.3. The number of hydrogen-bond acceptors (Lipinski definition) is 2. The molecule has 1 rings (SSSR count). The highest BCUT2D eigenvalue weighted by Gasteiger charge is 2.12. The van der Waals surface area contributed by atoms with Crippen molar-refractivity contribution in [1.29, 1.82) is 0 Å². The van der Waals surface area contributed by atoms with Crippen molar-refractivity contribution in [1.82, 2.24) is 5.32 Å². The molecule has 1 aromatic rings. The molecule has 17 heavy (non-hydrogen) atoms. The van der Waals surface area contributed by atoms with Crippen LogP contribution in [0, 0.1) is 13.8 Å². The molecular formula is C14H21NO2. The Kier molecular flexibility index (Phi) is 4.55. The molecule has 1 aromatic carbocycles. The first-order chi connectivity index (χ1) is 7.93. The normalized spacial score (nSPS) is 10.5. The van der Waals surface area contributed by atoms with Gasteiger partial charge in [-0.2, -0.15) is 0 Å². The lowest BCUT2D eigenvalue weighted by molar-refractivity contribution is -0.120. The van der Waals surface area contributed by atoms with Crippen LogP contribution in [0.5, 0.6) is 5.75 Å². The third-order valence-electron chi connectivity index (χ3n) is 2.58. The molecule has 1 N–H and O–H groups in total. The topological polar surface area (TPSA) is 38.3 Å². The molecule has 0 saturated carbocycles. The lowest BCUT2D eigenvalue weighted by Gasteiger charge is -2.14. The SMILES string of the molecule is COc1cc(C)cc(C)c1CC(=O)NC(C)C. The predicted molar refractivity (Wildman–Crippen MR) is 69.5 cm³/mol. The summed E-state index contributed by atoms with van der Waals surface area (Å²) in [5.74, 6) is 0.826.